The van der Waals surface area contributed by atoms with Crippen molar-refractivity contribution in [3.8, 4) is 0 Å². The van der Waals surface area contributed by atoms with Crippen molar-refractivity contribution in [2.24, 2.45) is 0 Å². The van der Waals surface area contributed by atoms with Gasteiger partial charge >= 0.3 is 5.97 Å². The molecule has 0 aliphatic carbocycles. The van der Waals surface area contributed by atoms with Crippen LogP contribution in [0.2, 0.25) is 0 Å². The quantitative estimate of drug-likeness (QED) is 0.763. The van der Waals surface area contributed by atoms with E-state index in [9.17, 15) is 4.79 Å². The molecule has 0 bridgehead atoms. The van der Waals surface area contributed by atoms with Crippen LogP contribution in [-0.2, 0) is 4.74 Å². The summed E-state index contributed by atoms with van der Waals surface area (Å²) in [6, 6.07) is 11.7. The first-order valence-corrected chi connectivity index (χ1v) is 7.28. The molecule has 0 unspecified atom stereocenters. The minimum atomic E-state index is -0.240. The van der Waals surface area contributed by atoms with Gasteiger partial charge in [0, 0.05) is 16.0 Å². The zero-order valence-corrected chi connectivity index (χ0v) is 11.5. The Bertz CT molecular complexity index is 639. The third-order valence-corrected chi connectivity index (χ3v) is 4.11. The van der Waals surface area contributed by atoms with Crippen molar-refractivity contribution in [2.45, 2.75) is 19.8 Å². The van der Waals surface area contributed by atoms with E-state index in [2.05, 4.69) is 13.0 Å². The summed E-state index contributed by atoms with van der Waals surface area (Å²) in [6.45, 7) is 2.14. The molecule has 0 radical (unpaired) electrons. The van der Waals surface area contributed by atoms with Crippen molar-refractivity contribution in [1.82, 2.24) is 0 Å². The van der Waals surface area contributed by atoms with Crippen LogP contribution < -0.4 is 0 Å². The summed E-state index contributed by atoms with van der Waals surface area (Å²) in [6.07, 6.45) is 1.94. The summed E-state index contributed by atoms with van der Waals surface area (Å²) in [5.41, 5.74) is 2.72. The van der Waals surface area contributed by atoms with Crippen molar-refractivity contribution >= 4 is 28.6 Å². The molecule has 96 valence electrons. The predicted molar refractivity (Wildman–Crippen MR) is 77.9 cm³/mol. The number of esters is 1. The standard InChI is InChI=1S/C16H14O2S/c1-2-6-13(14-9-5-10-19-14)15-11-7-3-4-8-12(11)16(17)18-15/h3-5,7-10H,2,6H2,1H3/b15-13-. The van der Waals surface area contributed by atoms with Crippen molar-refractivity contribution in [1.29, 1.82) is 0 Å². The van der Waals surface area contributed by atoms with Crippen molar-refractivity contribution in [3.63, 3.8) is 0 Å². The topological polar surface area (TPSA) is 26.3 Å². The van der Waals surface area contributed by atoms with Gasteiger partial charge in [0.25, 0.3) is 0 Å². The van der Waals surface area contributed by atoms with Gasteiger partial charge in [-0.25, -0.2) is 4.79 Å². The van der Waals surface area contributed by atoms with Gasteiger partial charge in [-0.3, -0.25) is 0 Å². The van der Waals surface area contributed by atoms with E-state index in [0.717, 1.165) is 29.7 Å². The number of thiophene rings is 1. The fraction of sp³-hybridized carbons (Fsp3) is 0.188. The van der Waals surface area contributed by atoms with Crippen LogP contribution in [0.1, 0.15) is 40.6 Å². The van der Waals surface area contributed by atoms with E-state index >= 15 is 0 Å². The lowest BCUT2D eigenvalue weighted by Crippen LogP contribution is -1.93. The van der Waals surface area contributed by atoms with Gasteiger partial charge < -0.3 is 4.74 Å². The van der Waals surface area contributed by atoms with Crippen LogP contribution in [-0.4, -0.2) is 5.97 Å². The summed E-state index contributed by atoms with van der Waals surface area (Å²) in [5.74, 6) is 0.501. The lowest BCUT2D eigenvalue weighted by Gasteiger charge is -2.08. The van der Waals surface area contributed by atoms with Gasteiger partial charge in [0.1, 0.15) is 5.76 Å². The third-order valence-electron chi connectivity index (χ3n) is 3.18. The molecule has 1 aromatic carbocycles. The second-order valence-corrected chi connectivity index (χ2v) is 5.42. The van der Waals surface area contributed by atoms with E-state index in [0.29, 0.717) is 5.56 Å². The summed E-state index contributed by atoms with van der Waals surface area (Å²) in [7, 11) is 0. The Hall–Kier alpha value is -1.87. The maximum Gasteiger partial charge on any atom is 0.344 e. The van der Waals surface area contributed by atoms with Gasteiger partial charge in [-0.15, -0.1) is 11.3 Å². The van der Waals surface area contributed by atoms with Crippen molar-refractivity contribution < 1.29 is 9.53 Å². The molecule has 0 saturated heterocycles. The number of hydrogen-bond acceptors (Lipinski definition) is 3. The molecule has 3 heteroatoms. The molecule has 0 fully saturated rings. The summed E-state index contributed by atoms with van der Waals surface area (Å²) in [5, 5.41) is 2.05. The molecule has 1 aliphatic rings. The Labute approximate surface area is 116 Å². The molecule has 19 heavy (non-hydrogen) atoms. The minimum absolute atomic E-state index is 0.240. The molecular weight excluding hydrogens is 256 g/mol. The maximum atomic E-state index is 11.9. The van der Waals surface area contributed by atoms with Gasteiger partial charge in [0.15, 0.2) is 0 Å². The van der Waals surface area contributed by atoms with Crippen LogP contribution in [0.5, 0.6) is 0 Å². The number of fused-ring (bicyclic) bond motifs is 1. The highest BCUT2D eigenvalue weighted by atomic mass is 32.1. The second-order valence-electron chi connectivity index (χ2n) is 4.47. The van der Waals surface area contributed by atoms with Gasteiger partial charge in [0.05, 0.1) is 5.56 Å². The second kappa shape index (κ2) is 5.02. The number of cyclic esters (lactones) is 1. The molecule has 0 amide bonds. The third kappa shape index (κ3) is 2.10. The van der Waals surface area contributed by atoms with E-state index < -0.39 is 0 Å². The lowest BCUT2D eigenvalue weighted by atomic mass is 10.0. The number of carbonyl (C=O) groups is 1. The number of allylic oxidation sites excluding steroid dienone is 1. The number of rotatable bonds is 3. The van der Waals surface area contributed by atoms with Crippen LogP contribution in [0.3, 0.4) is 0 Å². The Balaban J connectivity index is 2.18. The first kappa shape index (κ1) is 12.2. The number of hydrogen-bond donors (Lipinski definition) is 0. The molecule has 2 heterocycles. The van der Waals surface area contributed by atoms with Crippen LogP contribution in [0, 0.1) is 0 Å². The smallest absolute Gasteiger partial charge is 0.344 e. The molecule has 1 aromatic heterocycles. The van der Waals surface area contributed by atoms with Crippen LogP contribution in [0.15, 0.2) is 41.8 Å². The fourth-order valence-electron chi connectivity index (χ4n) is 2.33. The first-order chi connectivity index (χ1) is 9.31. The molecule has 0 N–H and O–H groups in total. The highest BCUT2D eigenvalue weighted by Crippen LogP contribution is 2.38. The van der Waals surface area contributed by atoms with Gasteiger partial charge in [0.2, 0.25) is 0 Å². The van der Waals surface area contributed by atoms with Gasteiger partial charge in [-0.05, 0) is 23.9 Å². The Morgan fingerprint density at radius 3 is 2.63 bits per heavy atom. The van der Waals surface area contributed by atoms with Gasteiger partial charge in [-0.1, -0.05) is 37.6 Å². The molecule has 2 aromatic rings. The zero-order valence-electron chi connectivity index (χ0n) is 10.7. The SMILES string of the molecule is CCC/C(=C1/OC(=O)c2ccccc21)c1cccs1. The largest absolute Gasteiger partial charge is 0.422 e. The van der Waals surface area contributed by atoms with E-state index in [-0.39, 0.29) is 5.97 Å². The molecule has 0 saturated carbocycles. The highest BCUT2D eigenvalue weighted by Gasteiger charge is 2.28. The van der Waals surface area contributed by atoms with Crippen molar-refractivity contribution in [3.05, 3.63) is 57.8 Å². The average Bonchev–Trinajstić information content (AvgIpc) is 3.06. The normalized spacial score (nSPS) is 16.2. The van der Waals surface area contributed by atoms with Crippen LogP contribution in [0.4, 0.5) is 0 Å². The van der Waals surface area contributed by atoms with E-state index in [1.54, 1.807) is 11.3 Å². The average molecular weight is 270 g/mol. The molecule has 2 nitrogen and oxygen atoms in total. The number of ether oxygens (including phenoxy) is 1. The Morgan fingerprint density at radius 2 is 1.95 bits per heavy atom. The predicted octanol–water partition coefficient (Wildman–Crippen LogP) is 4.59. The fourth-order valence-corrected chi connectivity index (χ4v) is 3.13. The minimum Gasteiger partial charge on any atom is -0.422 e. The first-order valence-electron chi connectivity index (χ1n) is 6.40. The number of benzene rings is 1. The Morgan fingerprint density at radius 1 is 1.16 bits per heavy atom. The van der Waals surface area contributed by atoms with Crippen LogP contribution in [0.25, 0.3) is 11.3 Å². The molecular formula is C16H14O2S. The van der Waals surface area contributed by atoms with Crippen molar-refractivity contribution in [2.75, 3.05) is 0 Å². The molecule has 1 aliphatic heterocycles. The van der Waals surface area contributed by atoms with E-state index in [1.807, 2.05) is 35.7 Å². The monoisotopic (exact) mass is 270 g/mol. The summed E-state index contributed by atoms with van der Waals surface area (Å²) in [4.78, 5) is 13.1. The number of carbonyl (C=O) groups excluding carboxylic acids is 1. The highest BCUT2D eigenvalue weighted by molar-refractivity contribution is 7.11. The molecule has 0 atom stereocenters. The summed E-state index contributed by atoms with van der Waals surface area (Å²) < 4.78 is 5.52. The lowest BCUT2D eigenvalue weighted by molar-refractivity contribution is 0.0716. The maximum absolute atomic E-state index is 11.9. The van der Waals surface area contributed by atoms with E-state index in [1.165, 1.54) is 4.88 Å². The molecule has 3 rings (SSSR count). The Kier molecular flexibility index (Phi) is 3.22. The summed E-state index contributed by atoms with van der Waals surface area (Å²) >= 11 is 1.68. The zero-order chi connectivity index (χ0) is 13.2. The molecule has 0 spiro atoms. The van der Waals surface area contributed by atoms with Crippen LogP contribution >= 0.6 is 11.3 Å². The van der Waals surface area contributed by atoms with Gasteiger partial charge in [-0.2, -0.15) is 0 Å². The van der Waals surface area contributed by atoms with E-state index in [4.69, 9.17) is 4.74 Å².